The van der Waals surface area contributed by atoms with E-state index in [1.807, 2.05) is 37.3 Å². The van der Waals surface area contributed by atoms with E-state index in [-0.39, 0.29) is 5.38 Å². The first kappa shape index (κ1) is 12.7. The third-order valence-corrected chi connectivity index (χ3v) is 5.15. The Labute approximate surface area is 123 Å². The molecule has 1 unspecified atom stereocenters. The van der Waals surface area contributed by atoms with E-state index in [0.29, 0.717) is 0 Å². The molecule has 0 aliphatic carbocycles. The highest BCUT2D eigenvalue weighted by molar-refractivity contribution is 7.19. The average Bonchev–Trinajstić information content (AvgIpc) is 3.07. The van der Waals surface area contributed by atoms with Crippen LogP contribution in [-0.2, 0) is 0 Å². The van der Waals surface area contributed by atoms with Gasteiger partial charge in [0.05, 0.1) is 5.69 Å². The average molecular weight is 309 g/mol. The zero-order valence-electron chi connectivity index (χ0n) is 9.95. The van der Waals surface area contributed by atoms with E-state index >= 15 is 0 Å². The zero-order valence-corrected chi connectivity index (χ0v) is 12.3. The van der Waals surface area contributed by atoms with E-state index in [1.54, 1.807) is 0 Å². The predicted octanol–water partition coefficient (Wildman–Crippen LogP) is 3.69. The van der Waals surface area contributed by atoms with Crippen LogP contribution in [0.15, 0.2) is 30.3 Å². The van der Waals surface area contributed by atoms with Gasteiger partial charge in [-0.05, 0) is 24.0 Å². The molecule has 96 valence electrons. The maximum Gasteiger partial charge on any atom is 0.161 e. The Bertz CT molecular complexity index is 680. The van der Waals surface area contributed by atoms with Crippen LogP contribution in [0.2, 0.25) is 0 Å². The number of halogens is 1. The van der Waals surface area contributed by atoms with Gasteiger partial charge in [-0.15, -0.1) is 26.9 Å². The molecule has 0 saturated heterocycles. The molecule has 2 heterocycles. The number of hydrogen-bond acceptors (Lipinski definition) is 6. The minimum Gasteiger partial charge on any atom is -0.143 e. The summed E-state index contributed by atoms with van der Waals surface area (Å²) >= 11 is 9.24. The van der Waals surface area contributed by atoms with Crippen LogP contribution in [0.4, 0.5) is 0 Å². The van der Waals surface area contributed by atoms with Gasteiger partial charge in [0.25, 0.3) is 0 Å². The number of alkyl halides is 1. The van der Waals surface area contributed by atoms with Crippen LogP contribution in [0.3, 0.4) is 0 Å². The van der Waals surface area contributed by atoms with Gasteiger partial charge < -0.3 is 0 Å². The Kier molecular flexibility index (Phi) is 3.54. The van der Waals surface area contributed by atoms with Crippen molar-refractivity contribution in [1.82, 2.24) is 19.8 Å². The van der Waals surface area contributed by atoms with Gasteiger partial charge in [-0.3, -0.25) is 0 Å². The van der Waals surface area contributed by atoms with Gasteiger partial charge >= 0.3 is 0 Å². The molecule has 0 aliphatic rings. The van der Waals surface area contributed by atoms with Gasteiger partial charge in [0, 0.05) is 0 Å². The van der Waals surface area contributed by atoms with Crippen molar-refractivity contribution in [3.63, 3.8) is 0 Å². The summed E-state index contributed by atoms with van der Waals surface area (Å²) in [5.74, 6) is 0. The number of rotatable bonds is 3. The topological polar surface area (TPSA) is 51.6 Å². The number of aryl methyl sites for hydroxylation is 1. The van der Waals surface area contributed by atoms with Crippen molar-refractivity contribution in [3.8, 4) is 9.88 Å². The lowest BCUT2D eigenvalue weighted by atomic mass is 10.1. The van der Waals surface area contributed by atoms with Crippen molar-refractivity contribution in [2.45, 2.75) is 12.3 Å². The minimum absolute atomic E-state index is 0.270. The second-order valence-corrected chi connectivity index (χ2v) is 6.11. The molecule has 2 aromatic heterocycles. The summed E-state index contributed by atoms with van der Waals surface area (Å²) in [6.07, 6.45) is 0. The number of aromatic nitrogens is 4. The molecule has 0 amide bonds. The molecule has 0 bridgehead atoms. The second kappa shape index (κ2) is 5.32. The molecule has 0 saturated carbocycles. The number of benzene rings is 1. The molecule has 7 heteroatoms. The quantitative estimate of drug-likeness (QED) is 0.692. The fraction of sp³-hybridized carbons (Fsp3) is 0.167. The second-order valence-electron chi connectivity index (χ2n) is 3.91. The Balaban J connectivity index is 1.92. The van der Waals surface area contributed by atoms with Gasteiger partial charge in [-0.1, -0.05) is 46.2 Å². The summed E-state index contributed by atoms with van der Waals surface area (Å²) in [5.41, 5.74) is 1.89. The Morgan fingerprint density at radius 1 is 1.11 bits per heavy atom. The molecule has 0 radical (unpaired) electrons. The van der Waals surface area contributed by atoms with Crippen molar-refractivity contribution in [3.05, 3.63) is 46.6 Å². The van der Waals surface area contributed by atoms with E-state index in [0.717, 1.165) is 26.1 Å². The summed E-state index contributed by atoms with van der Waals surface area (Å²) in [4.78, 5) is 0.959. The molecule has 0 fully saturated rings. The molecule has 1 atom stereocenters. The Morgan fingerprint density at radius 2 is 1.89 bits per heavy atom. The first-order valence-corrected chi connectivity index (χ1v) is 7.60. The summed E-state index contributed by atoms with van der Waals surface area (Å²) in [7, 11) is 0. The van der Waals surface area contributed by atoms with E-state index in [1.165, 1.54) is 22.9 Å². The molecule has 0 N–H and O–H groups in total. The van der Waals surface area contributed by atoms with Crippen molar-refractivity contribution in [1.29, 1.82) is 0 Å². The first-order chi connectivity index (χ1) is 9.25. The molecule has 3 rings (SSSR count). The van der Waals surface area contributed by atoms with Crippen LogP contribution < -0.4 is 0 Å². The lowest BCUT2D eigenvalue weighted by Crippen LogP contribution is -1.91. The highest BCUT2D eigenvalue weighted by Crippen LogP contribution is 2.35. The van der Waals surface area contributed by atoms with Gasteiger partial charge in [-0.2, -0.15) is 0 Å². The van der Waals surface area contributed by atoms with Gasteiger partial charge in [-0.25, -0.2) is 0 Å². The summed E-state index contributed by atoms with van der Waals surface area (Å²) < 4.78 is 3.91. The minimum atomic E-state index is -0.270. The SMILES string of the molecule is Cc1nnsc1-c1nnc(C(Cl)c2ccccc2)s1. The highest BCUT2D eigenvalue weighted by atomic mass is 35.5. The fourth-order valence-corrected chi connectivity index (χ4v) is 3.56. The van der Waals surface area contributed by atoms with Gasteiger partial charge in [0.15, 0.2) is 5.01 Å². The maximum atomic E-state index is 6.43. The summed E-state index contributed by atoms with van der Waals surface area (Å²) in [6, 6.07) is 9.86. The fourth-order valence-electron chi connectivity index (χ4n) is 1.62. The lowest BCUT2D eigenvalue weighted by Gasteiger charge is -2.04. The van der Waals surface area contributed by atoms with Crippen LogP contribution in [0.25, 0.3) is 9.88 Å². The Hall–Kier alpha value is -1.37. The zero-order chi connectivity index (χ0) is 13.2. The van der Waals surface area contributed by atoms with E-state index in [9.17, 15) is 0 Å². The van der Waals surface area contributed by atoms with Gasteiger partial charge in [0.1, 0.15) is 15.3 Å². The third kappa shape index (κ3) is 2.51. The molecule has 1 aromatic carbocycles. The van der Waals surface area contributed by atoms with Crippen LogP contribution >= 0.6 is 34.5 Å². The molecule has 0 spiro atoms. The molecular weight excluding hydrogens is 300 g/mol. The summed E-state index contributed by atoms with van der Waals surface area (Å²) in [5, 5.41) is 13.7. The monoisotopic (exact) mass is 308 g/mol. The van der Waals surface area contributed by atoms with Crippen LogP contribution in [0.5, 0.6) is 0 Å². The molecule has 4 nitrogen and oxygen atoms in total. The first-order valence-electron chi connectivity index (χ1n) is 5.57. The van der Waals surface area contributed by atoms with Crippen LogP contribution in [0.1, 0.15) is 21.6 Å². The van der Waals surface area contributed by atoms with Crippen molar-refractivity contribution in [2.75, 3.05) is 0 Å². The van der Waals surface area contributed by atoms with Crippen LogP contribution in [-0.4, -0.2) is 19.8 Å². The standard InChI is InChI=1S/C12H9ClN4S2/c1-7-10(19-17-14-7)12-16-15-11(18-12)9(13)8-5-3-2-4-6-8/h2-6,9H,1H3. The van der Waals surface area contributed by atoms with E-state index < -0.39 is 0 Å². The molecule has 19 heavy (non-hydrogen) atoms. The molecule has 3 aromatic rings. The Morgan fingerprint density at radius 3 is 2.58 bits per heavy atom. The lowest BCUT2D eigenvalue weighted by molar-refractivity contribution is 0.987. The highest BCUT2D eigenvalue weighted by Gasteiger charge is 2.18. The number of nitrogens with zero attached hydrogens (tertiary/aromatic N) is 4. The van der Waals surface area contributed by atoms with Crippen molar-refractivity contribution < 1.29 is 0 Å². The van der Waals surface area contributed by atoms with Crippen molar-refractivity contribution in [2.24, 2.45) is 0 Å². The van der Waals surface area contributed by atoms with E-state index in [2.05, 4.69) is 19.8 Å². The van der Waals surface area contributed by atoms with Gasteiger partial charge in [0.2, 0.25) is 0 Å². The third-order valence-electron chi connectivity index (χ3n) is 2.60. The molecular formula is C12H9ClN4S2. The smallest absolute Gasteiger partial charge is 0.143 e. The normalized spacial score (nSPS) is 12.5. The molecule has 0 aliphatic heterocycles. The predicted molar refractivity (Wildman–Crippen MR) is 77.7 cm³/mol. The summed E-state index contributed by atoms with van der Waals surface area (Å²) in [6.45, 7) is 1.91. The number of hydrogen-bond donors (Lipinski definition) is 0. The van der Waals surface area contributed by atoms with Crippen LogP contribution in [0, 0.1) is 6.92 Å². The maximum absolute atomic E-state index is 6.43. The van der Waals surface area contributed by atoms with E-state index in [4.69, 9.17) is 11.6 Å². The largest absolute Gasteiger partial charge is 0.161 e. The van der Waals surface area contributed by atoms with Crippen molar-refractivity contribution >= 4 is 34.5 Å².